The molecule has 1 aromatic heterocycles. The summed E-state index contributed by atoms with van der Waals surface area (Å²) < 4.78 is 12.3. The number of rotatable bonds is 5. The molecule has 0 aliphatic carbocycles. The van der Waals surface area contributed by atoms with E-state index >= 15 is 0 Å². The predicted octanol–water partition coefficient (Wildman–Crippen LogP) is 2.97. The van der Waals surface area contributed by atoms with Crippen molar-refractivity contribution in [1.29, 1.82) is 0 Å². The molecule has 1 fully saturated rings. The lowest BCUT2D eigenvalue weighted by atomic mass is 10.1. The molecule has 0 N–H and O–H groups in total. The van der Waals surface area contributed by atoms with Crippen LogP contribution in [-0.2, 0) is 4.79 Å². The number of benzene rings is 2. The first-order valence-electron chi connectivity index (χ1n) is 10.4. The highest BCUT2D eigenvalue weighted by molar-refractivity contribution is 7.20. The van der Waals surface area contributed by atoms with Crippen molar-refractivity contribution < 1.29 is 23.9 Å². The summed E-state index contributed by atoms with van der Waals surface area (Å²) >= 11 is 1.48. The number of ether oxygens (including phenoxy) is 2. The van der Waals surface area contributed by atoms with Crippen LogP contribution in [0, 0.1) is 0 Å². The van der Waals surface area contributed by atoms with Gasteiger partial charge in [0, 0.05) is 32.0 Å². The molecule has 0 unspecified atom stereocenters. The Morgan fingerprint density at radius 2 is 1.78 bits per heavy atom. The van der Waals surface area contributed by atoms with Gasteiger partial charge in [-0.3, -0.25) is 19.3 Å². The van der Waals surface area contributed by atoms with E-state index in [2.05, 4.69) is 4.98 Å². The van der Waals surface area contributed by atoms with Gasteiger partial charge in [-0.1, -0.05) is 23.5 Å². The fourth-order valence-electron chi connectivity index (χ4n) is 4.05. The lowest BCUT2D eigenvalue weighted by molar-refractivity contribution is -0.133. The van der Waals surface area contributed by atoms with Crippen LogP contribution in [0.2, 0.25) is 0 Å². The summed E-state index contributed by atoms with van der Waals surface area (Å²) in [6.45, 7) is 0.772. The van der Waals surface area contributed by atoms with Gasteiger partial charge in [0.25, 0.3) is 17.0 Å². The summed E-state index contributed by atoms with van der Waals surface area (Å²) in [7, 11) is 1.62. The van der Waals surface area contributed by atoms with E-state index in [0.29, 0.717) is 42.3 Å². The van der Waals surface area contributed by atoms with Crippen molar-refractivity contribution in [3.63, 3.8) is 0 Å². The molecule has 8 nitrogen and oxygen atoms in total. The molecule has 0 radical (unpaired) electrons. The lowest BCUT2D eigenvalue weighted by Crippen LogP contribution is -2.47. The van der Waals surface area contributed by atoms with Crippen LogP contribution < -0.4 is 9.47 Å². The summed E-state index contributed by atoms with van der Waals surface area (Å²) in [4.78, 5) is 45.0. The molecule has 0 atom stereocenters. The maximum Gasteiger partial charge on any atom is 0.274 e. The van der Waals surface area contributed by atoms with Crippen molar-refractivity contribution in [2.75, 3.05) is 26.7 Å². The van der Waals surface area contributed by atoms with Gasteiger partial charge in [0.1, 0.15) is 18.4 Å². The van der Waals surface area contributed by atoms with E-state index in [1.807, 2.05) is 18.2 Å². The highest BCUT2D eigenvalue weighted by atomic mass is 32.1. The number of amides is 3. The van der Waals surface area contributed by atoms with E-state index in [-0.39, 0.29) is 18.6 Å². The summed E-state index contributed by atoms with van der Waals surface area (Å²) in [5.74, 6) is -0.307. The minimum absolute atomic E-state index is 0.0409. The third-order valence-corrected chi connectivity index (χ3v) is 6.74. The van der Waals surface area contributed by atoms with Crippen molar-refractivity contribution >= 4 is 39.3 Å². The fraction of sp³-hybridized carbons (Fsp3) is 0.304. The molecule has 0 spiro atoms. The van der Waals surface area contributed by atoms with Crippen molar-refractivity contribution in [3.05, 3.63) is 53.6 Å². The first kappa shape index (κ1) is 20.4. The summed E-state index contributed by atoms with van der Waals surface area (Å²) in [6.07, 6.45) is 1.28. The largest absolute Gasteiger partial charge is 0.497 e. The Hall–Kier alpha value is -3.46. The second-order valence-corrected chi connectivity index (χ2v) is 8.75. The molecule has 9 heteroatoms. The second-order valence-electron chi connectivity index (χ2n) is 7.75. The van der Waals surface area contributed by atoms with Crippen LogP contribution in [0.5, 0.6) is 10.9 Å². The number of fused-ring (bicyclic) bond motifs is 2. The number of thiazole rings is 1. The Labute approximate surface area is 188 Å². The van der Waals surface area contributed by atoms with Crippen LogP contribution >= 0.6 is 11.3 Å². The van der Waals surface area contributed by atoms with E-state index in [1.54, 1.807) is 36.3 Å². The molecule has 2 aromatic carbocycles. The van der Waals surface area contributed by atoms with E-state index in [0.717, 1.165) is 20.9 Å². The maximum absolute atomic E-state index is 12.8. The van der Waals surface area contributed by atoms with Gasteiger partial charge in [-0.25, -0.2) is 4.98 Å². The molecule has 3 amide bonds. The normalized spacial score (nSPS) is 16.5. The second kappa shape index (κ2) is 8.23. The lowest BCUT2D eigenvalue weighted by Gasteiger charge is -2.32. The third kappa shape index (κ3) is 3.69. The van der Waals surface area contributed by atoms with Gasteiger partial charge < -0.3 is 14.4 Å². The number of likely N-dealkylation sites (tertiary alicyclic amines) is 1. The SMILES string of the molecule is COc1ccc2sc(OC3CCN(C(=O)CN4C(=O)c5ccccc5C4=O)CC3)nc2c1. The van der Waals surface area contributed by atoms with E-state index in [1.165, 1.54) is 11.3 Å². The van der Waals surface area contributed by atoms with Gasteiger partial charge in [-0.2, -0.15) is 0 Å². The number of nitrogens with zero attached hydrogens (tertiary/aromatic N) is 3. The molecule has 5 rings (SSSR count). The average molecular weight is 452 g/mol. The number of imide groups is 1. The zero-order chi connectivity index (χ0) is 22.2. The maximum atomic E-state index is 12.8. The van der Waals surface area contributed by atoms with Crippen LogP contribution in [0.25, 0.3) is 10.2 Å². The number of hydrogen-bond acceptors (Lipinski definition) is 7. The molecule has 2 aliphatic heterocycles. The summed E-state index contributed by atoms with van der Waals surface area (Å²) in [5.41, 5.74) is 1.54. The molecule has 32 heavy (non-hydrogen) atoms. The van der Waals surface area contributed by atoms with Gasteiger partial charge in [-0.15, -0.1) is 0 Å². The van der Waals surface area contributed by atoms with Crippen molar-refractivity contribution in [1.82, 2.24) is 14.8 Å². The number of aromatic nitrogens is 1. The molecule has 0 saturated carbocycles. The number of carbonyl (C=O) groups is 3. The van der Waals surface area contributed by atoms with Crippen molar-refractivity contribution in [2.45, 2.75) is 18.9 Å². The number of hydrogen-bond donors (Lipinski definition) is 0. The van der Waals surface area contributed by atoms with Crippen LogP contribution in [-0.4, -0.2) is 65.4 Å². The first-order chi connectivity index (χ1) is 15.5. The van der Waals surface area contributed by atoms with Crippen LogP contribution in [0.3, 0.4) is 0 Å². The predicted molar refractivity (Wildman–Crippen MR) is 118 cm³/mol. The summed E-state index contributed by atoms with van der Waals surface area (Å²) in [6, 6.07) is 12.4. The van der Waals surface area contributed by atoms with Crippen molar-refractivity contribution in [3.8, 4) is 10.9 Å². The fourth-order valence-corrected chi connectivity index (χ4v) is 4.91. The highest BCUT2D eigenvalue weighted by Gasteiger charge is 2.37. The monoisotopic (exact) mass is 451 g/mol. The highest BCUT2D eigenvalue weighted by Crippen LogP contribution is 2.32. The number of carbonyl (C=O) groups excluding carboxylic acids is 3. The smallest absolute Gasteiger partial charge is 0.274 e. The molecule has 1 saturated heterocycles. The van der Waals surface area contributed by atoms with Gasteiger partial charge in [-0.05, 0) is 24.3 Å². The van der Waals surface area contributed by atoms with E-state index in [4.69, 9.17) is 9.47 Å². The average Bonchev–Trinajstić information content (AvgIpc) is 3.32. The molecular formula is C23H21N3O5S. The minimum atomic E-state index is -0.412. The molecule has 0 bridgehead atoms. The Bertz CT molecular complexity index is 1180. The van der Waals surface area contributed by atoms with Crippen LogP contribution in [0.15, 0.2) is 42.5 Å². The summed E-state index contributed by atoms with van der Waals surface area (Å²) in [5, 5.41) is 0.601. The Morgan fingerprint density at radius 3 is 2.44 bits per heavy atom. The van der Waals surface area contributed by atoms with Crippen LogP contribution in [0.1, 0.15) is 33.6 Å². The van der Waals surface area contributed by atoms with E-state index in [9.17, 15) is 14.4 Å². The third-order valence-electron chi connectivity index (χ3n) is 5.81. The molecular weight excluding hydrogens is 430 g/mol. The molecule has 3 aromatic rings. The van der Waals surface area contributed by atoms with E-state index < -0.39 is 11.8 Å². The number of piperidine rings is 1. The number of methoxy groups -OCH3 is 1. The standard InChI is InChI=1S/C23H21N3O5S/c1-30-15-6-7-19-18(12-15)24-23(32-19)31-14-8-10-25(11-9-14)20(27)13-26-21(28)16-4-2-3-5-17(16)22(26)29/h2-7,12,14H,8-11,13H2,1H3. The first-order valence-corrected chi connectivity index (χ1v) is 11.2. The minimum Gasteiger partial charge on any atom is -0.497 e. The van der Waals surface area contributed by atoms with Crippen molar-refractivity contribution in [2.24, 2.45) is 0 Å². The van der Waals surface area contributed by atoms with Gasteiger partial charge in [0.15, 0.2) is 0 Å². The van der Waals surface area contributed by atoms with Gasteiger partial charge >= 0.3 is 0 Å². The molecule has 2 aliphatic rings. The quantitative estimate of drug-likeness (QED) is 0.554. The topological polar surface area (TPSA) is 89.0 Å². The Balaban J connectivity index is 1.17. The Kier molecular flexibility index (Phi) is 5.26. The zero-order valence-corrected chi connectivity index (χ0v) is 18.3. The van der Waals surface area contributed by atoms with Gasteiger partial charge in [0.05, 0.1) is 28.5 Å². The molecule has 164 valence electrons. The molecule has 3 heterocycles. The Morgan fingerprint density at radius 1 is 1.09 bits per heavy atom. The van der Waals surface area contributed by atoms with Gasteiger partial charge in [0.2, 0.25) is 5.91 Å². The van der Waals surface area contributed by atoms with Crippen LogP contribution in [0.4, 0.5) is 0 Å². The zero-order valence-electron chi connectivity index (χ0n) is 17.4.